The number of carbonyl (C=O) groups excluding carboxylic acids is 1. The molecule has 1 rings (SSSR count). The van der Waals surface area contributed by atoms with Crippen LogP contribution in [0.5, 0.6) is 5.75 Å². The first-order chi connectivity index (χ1) is 7.54. The standard InChI is InChI=1S/C10H11F2NO3/c1-13(15-2)9(14)7-3-5-8(6-4-7)16-10(11)12/h3-6,10H,1-2H3. The second-order valence-electron chi connectivity index (χ2n) is 2.89. The molecule has 0 saturated heterocycles. The summed E-state index contributed by atoms with van der Waals surface area (Å²) in [5.41, 5.74) is 0.325. The van der Waals surface area contributed by atoms with Crippen molar-refractivity contribution >= 4 is 5.91 Å². The lowest BCUT2D eigenvalue weighted by molar-refractivity contribution is -0.0757. The number of hydroxylamine groups is 2. The van der Waals surface area contributed by atoms with Gasteiger partial charge in [-0.25, -0.2) is 5.06 Å². The highest BCUT2D eigenvalue weighted by Crippen LogP contribution is 2.15. The van der Waals surface area contributed by atoms with E-state index < -0.39 is 6.61 Å². The molecule has 0 aromatic heterocycles. The van der Waals surface area contributed by atoms with Crippen LogP contribution in [-0.2, 0) is 4.84 Å². The minimum absolute atomic E-state index is 0.00613. The van der Waals surface area contributed by atoms with Gasteiger partial charge in [-0.1, -0.05) is 0 Å². The fraction of sp³-hybridized carbons (Fsp3) is 0.300. The zero-order valence-corrected chi connectivity index (χ0v) is 8.81. The average molecular weight is 231 g/mol. The maximum absolute atomic E-state index is 11.8. The molecule has 16 heavy (non-hydrogen) atoms. The van der Waals surface area contributed by atoms with Crippen LogP contribution in [0.4, 0.5) is 8.78 Å². The number of amides is 1. The Kier molecular flexibility index (Phi) is 4.19. The van der Waals surface area contributed by atoms with Crippen LogP contribution in [0.15, 0.2) is 24.3 Å². The van der Waals surface area contributed by atoms with Crippen molar-refractivity contribution in [2.75, 3.05) is 14.2 Å². The minimum Gasteiger partial charge on any atom is -0.435 e. The lowest BCUT2D eigenvalue weighted by Gasteiger charge is -2.13. The van der Waals surface area contributed by atoms with Gasteiger partial charge in [-0.2, -0.15) is 8.78 Å². The number of carbonyl (C=O) groups is 1. The van der Waals surface area contributed by atoms with Crippen molar-refractivity contribution < 1.29 is 23.1 Å². The Labute approximate surface area is 91.3 Å². The van der Waals surface area contributed by atoms with Crippen LogP contribution in [-0.4, -0.2) is 31.7 Å². The number of benzene rings is 1. The highest BCUT2D eigenvalue weighted by Gasteiger charge is 2.11. The predicted octanol–water partition coefficient (Wildman–Crippen LogP) is 1.92. The average Bonchev–Trinajstić information content (AvgIpc) is 2.27. The topological polar surface area (TPSA) is 38.8 Å². The number of halogens is 2. The van der Waals surface area contributed by atoms with Gasteiger partial charge >= 0.3 is 6.61 Å². The molecular formula is C10H11F2NO3. The normalized spacial score (nSPS) is 10.3. The lowest BCUT2D eigenvalue weighted by atomic mass is 10.2. The highest BCUT2D eigenvalue weighted by atomic mass is 19.3. The van der Waals surface area contributed by atoms with Gasteiger partial charge in [-0.3, -0.25) is 9.63 Å². The predicted molar refractivity (Wildman–Crippen MR) is 52.2 cm³/mol. The monoisotopic (exact) mass is 231 g/mol. The van der Waals surface area contributed by atoms with Gasteiger partial charge in [-0.05, 0) is 24.3 Å². The van der Waals surface area contributed by atoms with E-state index in [9.17, 15) is 13.6 Å². The fourth-order valence-corrected chi connectivity index (χ4v) is 1.04. The van der Waals surface area contributed by atoms with E-state index in [-0.39, 0.29) is 11.7 Å². The van der Waals surface area contributed by atoms with Crippen LogP contribution in [0.3, 0.4) is 0 Å². The largest absolute Gasteiger partial charge is 0.435 e. The Balaban J connectivity index is 2.74. The summed E-state index contributed by atoms with van der Waals surface area (Å²) in [5, 5.41) is 1.03. The maximum atomic E-state index is 11.8. The first-order valence-electron chi connectivity index (χ1n) is 4.41. The number of hydrogen-bond acceptors (Lipinski definition) is 3. The molecular weight excluding hydrogens is 220 g/mol. The maximum Gasteiger partial charge on any atom is 0.387 e. The molecule has 0 saturated carbocycles. The van der Waals surface area contributed by atoms with Gasteiger partial charge < -0.3 is 4.74 Å². The van der Waals surface area contributed by atoms with E-state index in [2.05, 4.69) is 4.74 Å². The van der Waals surface area contributed by atoms with Crippen molar-refractivity contribution in [1.29, 1.82) is 0 Å². The summed E-state index contributed by atoms with van der Waals surface area (Å²) < 4.78 is 27.8. The van der Waals surface area contributed by atoms with Gasteiger partial charge in [0, 0.05) is 12.6 Å². The van der Waals surface area contributed by atoms with E-state index in [1.807, 2.05) is 0 Å². The fourth-order valence-electron chi connectivity index (χ4n) is 1.04. The van der Waals surface area contributed by atoms with Crippen LogP contribution >= 0.6 is 0 Å². The smallest absolute Gasteiger partial charge is 0.387 e. The zero-order chi connectivity index (χ0) is 12.1. The Morgan fingerprint density at radius 2 is 1.88 bits per heavy atom. The van der Waals surface area contributed by atoms with E-state index >= 15 is 0 Å². The van der Waals surface area contributed by atoms with Crippen LogP contribution in [0.25, 0.3) is 0 Å². The molecule has 6 heteroatoms. The SMILES string of the molecule is CON(C)C(=O)c1ccc(OC(F)F)cc1. The Morgan fingerprint density at radius 3 is 2.31 bits per heavy atom. The summed E-state index contributed by atoms with van der Waals surface area (Å²) in [4.78, 5) is 16.2. The quantitative estimate of drug-likeness (QED) is 0.743. The second-order valence-corrected chi connectivity index (χ2v) is 2.89. The van der Waals surface area contributed by atoms with Gasteiger partial charge in [0.1, 0.15) is 5.75 Å². The highest BCUT2D eigenvalue weighted by molar-refractivity contribution is 5.93. The molecule has 0 radical (unpaired) electrons. The lowest BCUT2D eigenvalue weighted by Crippen LogP contribution is -2.25. The van der Waals surface area contributed by atoms with E-state index in [0.717, 1.165) is 5.06 Å². The van der Waals surface area contributed by atoms with E-state index in [0.29, 0.717) is 5.56 Å². The van der Waals surface area contributed by atoms with Crippen molar-refractivity contribution in [3.8, 4) is 5.75 Å². The summed E-state index contributed by atoms with van der Waals surface area (Å²) >= 11 is 0. The molecule has 0 N–H and O–H groups in total. The molecule has 1 amide bonds. The molecule has 0 aliphatic rings. The summed E-state index contributed by atoms with van der Waals surface area (Å²) in [7, 11) is 2.80. The number of nitrogens with zero attached hydrogens (tertiary/aromatic N) is 1. The summed E-state index contributed by atoms with van der Waals surface area (Å²) in [5.74, 6) is -0.363. The number of hydrogen-bond donors (Lipinski definition) is 0. The molecule has 0 fully saturated rings. The number of ether oxygens (including phenoxy) is 1. The Bertz CT molecular complexity index is 354. The van der Waals surface area contributed by atoms with Crippen LogP contribution < -0.4 is 4.74 Å². The third-order valence-electron chi connectivity index (χ3n) is 1.89. The van der Waals surface area contributed by atoms with Gasteiger partial charge in [-0.15, -0.1) is 0 Å². The van der Waals surface area contributed by atoms with Crippen LogP contribution in [0.1, 0.15) is 10.4 Å². The Hall–Kier alpha value is -1.69. The molecule has 0 heterocycles. The molecule has 88 valence electrons. The molecule has 4 nitrogen and oxygen atoms in total. The summed E-state index contributed by atoms with van der Waals surface area (Å²) in [6.45, 7) is -2.87. The molecule has 0 spiro atoms. The van der Waals surface area contributed by atoms with Crippen LogP contribution in [0.2, 0.25) is 0 Å². The second kappa shape index (κ2) is 5.41. The molecule has 1 aromatic rings. The first kappa shape index (κ1) is 12.4. The summed E-state index contributed by atoms with van der Waals surface area (Å²) in [6, 6.07) is 5.36. The zero-order valence-electron chi connectivity index (χ0n) is 8.81. The van der Waals surface area contributed by atoms with Gasteiger partial charge in [0.15, 0.2) is 0 Å². The molecule has 0 aliphatic heterocycles. The molecule has 0 aliphatic carbocycles. The van der Waals surface area contributed by atoms with Crippen molar-refractivity contribution in [2.45, 2.75) is 6.61 Å². The van der Waals surface area contributed by atoms with Gasteiger partial charge in [0.2, 0.25) is 0 Å². The van der Waals surface area contributed by atoms with E-state index in [1.54, 1.807) is 0 Å². The van der Waals surface area contributed by atoms with Crippen molar-refractivity contribution in [2.24, 2.45) is 0 Å². The number of alkyl halides is 2. The molecule has 0 atom stereocenters. The van der Waals surface area contributed by atoms with E-state index in [1.165, 1.54) is 38.4 Å². The minimum atomic E-state index is -2.87. The molecule has 1 aromatic carbocycles. The first-order valence-corrected chi connectivity index (χ1v) is 4.41. The van der Waals surface area contributed by atoms with E-state index in [4.69, 9.17) is 4.84 Å². The number of rotatable bonds is 4. The third kappa shape index (κ3) is 3.16. The van der Waals surface area contributed by atoms with Crippen molar-refractivity contribution in [3.63, 3.8) is 0 Å². The molecule has 0 bridgehead atoms. The van der Waals surface area contributed by atoms with Gasteiger partial charge in [0.05, 0.1) is 7.11 Å². The van der Waals surface area contributed by atoms with Crippen molar-refractivity contribution in [3.05, 3.63) is 29.8 Å². The Morgan fingerprint density at radius 1 is 1.31 bits per heavy atom. The van der Waals surface area contributed by atoms with Crippen molar-refractivity contribution in [1.82, 2.24) is 5.06 Å². The summed E-state index contributed by atoms with van der Waals surface area (Å²) in [6.07, 6.45) is 0. The van der Waals surface area contributed by atoms with Gasteiger partial charge in [0.25, 0.3) is 5.91 Å². The third-order valence-corrected chi connectivity index (χ3v) is 1.89. The molecule has 0 unspecified atom stereocenters. The van der Waals surface area contributed by atoms with Crippen LogP contribution in [0, 0.1) is 0 Å².